The lowest BCUT2D eigenvalue weighted by atomic mass is 10.3. The predicted octanol–water partition coefficient (Wildman–Crippen LogP) is 0.151. The molecule has 2 nitrogen and oxygen atoms in total. The monoisotopic (exact) mass is 170 g/mol. The molecular formula is C5H12Cl2N2. The molecule has 3 N–H and O–H groups in total. The van der Waals surface area contributed by atoms with Gasteiger partial charge in [0.25, 0.3) is 0 Å². The molecule has 0 aromatic carbocycles. The second-order valence-corrected chi connectivity index (χ2v) is 2.77. The lowest BCUT2D eigenvalue weighted by Gasteiger charge is -1.98. The van der Waals surface area contributed by atoms with Crippen LogP contribution in [0, 0.1) is 5.92 Å². The van der Waals surface area contributed by atoms with Gasteiger partial charge in [-0.2, -0.15) is 0 Å². The van der Waals surface area contributed by atoms with Crippen LogP contribution in [0.15, 0.2) is 0 Å². The van der Waals surface area contributed by atoms with E-state index in [1.807, 2.05) is 0 Å². The average Bonchev–Trinajstić information content (AvgIpc) is 2.09. The van der Waals surface area contributed by atoms with Gasteiger partial charge < -0.3 is 11.1 Å². The van der Waals surface area contributed by atoms with Crippen LogP contribution in [0.3, 0.4) is 0 Å². The molecule has 0 spiro atoms. The third kappa shape index (κ3) is 1.32. The summed E-state index contributed by atoms with van der Waals surface area (Å²) in [6, 6.07) is 0. The molecule has 2 fully saturated rings. The quantitative estimate of drug-likeness (QED) is 0.544. The molecule has 1 heterocycles. The zero-order valence-electron chi connectivity index (χ0n) is 5.09. The van der Waals surface area contributed by atoms with E-state index in [1.54, 1.807) is 0 Å². The Kier molecular flexibility index (Phi) is 2.77. The van der Waals surface area contributed by atoms with Crippen molar-refractivity contribution >= 4 is 24.8 Å². The van der Waals surface area contributed by atoms with Crippen molar-refractivity contribution in [3.05, 3.63) is 0 Å². The first-order valence-corrected chi connectivity index (χ1v) is 2.81. The zero-order chi connectivity index (χ0) is 4.91. The van der Waals surface area contributed by atoms with Crippen molar-refractivity contribution in [2.24, 2.45) is 11.7 Å². The molecule has 4 heteroatoms. The lowest BCUT2D eigenvalue weighted by Crippen LogP contribution is -2.29. The Morgan fingerprint density at radius 3 is 2.22 bits per heavy atom. The Hall–Kier alpha value is 0.500. The molecule has 0 amide bonds. The molecule has 1 saturated heterocycles. The van der Waals surface area contributed by atoms with Crippen LogP contribution in [0.1, 0.15) is 6.42 Å². The van der Waals surface area contributed by atoms with Gasteiger partial charge in [-0.05, 0) is 18.9 Å². The third-order valence-electron chi connectivity index (χ3n) is 2.12. The number of piperidine rings is 1. The predicted molar refractivity (Wildman–Crippen MR) is 42.4 cm³/mol. The molecule has 0 unspecified atom stereocenters. The summed E-state index contributed by atoms with van der Waals surface area (Å²) >= 11 is 0. The van der Waals surface area contributed by atoms with E-state index in [1.165, 1.54) is 6.42 Å². The van der Waals surface area contributed by atoms with E-state index in [-0.39, 0.29) is 30.4 Å². The number of nitrogens with two attached hydrogens (primary N) is 1. The summed E-state index contributed by atoms with van der Waals surface area (Å²) in [4.78, 5) is 0. The highest BCUT2D eigenvalue weighted by Gasteiger charge is 2.53. The molecular weight excluding hydrogens is 159 g/mol. The number of rotatable bonds is 0. The standard InChI is InChI=1S/C5H10N2.2ClH/c6-5-1-4(5)2-7-3-5;;/h4,7H,1-3,6H2;2*1H/t4-,5-;;/m0../s1. The Balaban J connectivity index is 0.000000320. The minimum Gasteiger partial charge on any atom is -0.324 e. The molecule has 0 radical (unpaired) electrons. The summed E-state index contributed by atoms with van der Waals surface area (Å²) in [5.41, 5.74) is 6.04. The molecule has 2 rings (SSSR count). The van der Waals surface area contributed by atoms with Crippen molar-refractivity contribution in [3.63, 3.8) is 0 Å². The summed E-state index contributed by atoms with van der Waals surface area (Å²) in [6.07, 6.45) is 1.26. The molecule has 2 atom stereocenters. The molecule has 9 heavy (non-hydrogen) atoms. The van der Waals surface area contributed by atoms with Crippen LogP contribution in [0.5, 0.6) is 0 Å². The smallest absolute Gasteiger partial charge is 0.0326 e. The van der Waals surface area contributed by atoms with Crippen LogP contribution in [0.4, 0.5) is 0 Å². The van der Waals surface area contributed by atoms with Crippen LogP contribution in [-0.4, -0.2) is 18.6 Å². The number of nitrogens with one attached hydrogen (secondary N) is 1. The van der Waals surface area contributed by atoms with Gasteiger partial charge in [-0.25, -0.2) is 0 Å². The van der Waals surface area contributed by atoms with E-state index in [0.29, 0.717) is 0 Å². The highest BCUT2D eigenvalue weighted by atomic mass is 35.5. The summed E-state index contributed by atoms with van der Waals surface area (Å²) < 4.78 is 0. The Labute approximate surface area is 67.4 Å². The van der Waals surface area contributed by atoms with Gasteiger partial charge in [0, 0.05) is 12.1 Å². The Morgan fingerprint density at radius 1 is 1.44 bits per heavy atom. The van der Waals surface area contributed by atoms with E-state index in [9.17, 15) is 0 Å². The lowest BCUT2D eigenvalue weighted by molar-refractivity contribution is 0.664. The third-order valence-corrected chi connectivity index (χ3v) is 2.12. The molecule has 0 aromatic rings. The van der Waals surface area contributed by atoms with E-state index < -0.39 is 0 Å². The maximum atomic E-state index is 5.79. The first kappa shape index (κ1) is 9.50. The molecule has 56 valence electrons. The largest absolute Gasteiger partial charge is 0.324 e. The fourth-order valence-corrected chi connectivity index (χ4v) is 1.37. The van der Waals surface area contributed by atoms with Crippen LogP contribution < -0.4 is 11.1 Å². The van der Waals surface area contributed by atoms with Gasteiger partial charge in [-0.15, -0.1) is 24.8 Å². The highest BCUT2D eigenvalue weighted by Crippen LogP contribution is 2.43. The molecule has 0 bridgehead atoms. The summed E-state index contributed by atoms with van der Waals surface area (Å²) in [5.74, 6) is 0.826. The van der Waals surface area contributed by atoms with Crippen molar-refractivity contribution in [1.82, 2.24) is 5.32 Å². The Bertz CT molecular complexity index is 107. The van der Waals surface area contributed by atoms with Crippen LogP contribution in [0.2, 0.25) is 0 Å². The van der Waals surface area contributed by atoms with Gasteiger partial charge in [-0.1, -0.05) is 0 Å². The van der Waals surface area contributed by atoms with E-state index in [4.69, 9.17) is 5.73 Å². The number of hydrogen-bond acceptors (Lipinski definition) is 2. The van der Waals surface area contributed by atoms with Gasteiger partial charge in [0.1, 0.15) is 0 Å². The second-order valence-electron chi connectivity index (χ2n) is 2.77. The zero-order valence-corrected chi connectivity index (χ0v) is 6.73. The molecule has 0 aromatic heterocycles. The minimum absolute atomic E-state index is 0. The van der Waals surface area contributed by atoms with Crippen LogP contribution >= 0.6 is 24.8 Å². The topological polar surface area (TPSA) is 38.0 Å². The molecule has 1 aliphatic heterocycles. The van der Waals surface area contributed by atoms with Gasteiger partial charge in [-0.3, -0.25) is 0 Å². The fourth-order valence-electron chi connectivity index (χ4n) is 1.37. The summed E-state index contributed by atoms with van der Waals surface area (Å²) in [7, 11) is 0. The van der Waals surface area contributed by atoms with Gasteiger partial charge in [0.2, 0.25) is 0 Å². The van der Waals surface area contributed by atoms with Crippen molar-refractivity contribution in [2.45, 2.75) is 12.0 Å². The summed E-state index contributed by atoms with van der Waals surface area (Å²) in [6.45, 7) is 2.22. The fraction of sp³-hybridized carbons (Fsp3) is 1.00. The van der Waals surface area contributed by atoms with E-state index in [2.05, 4.69) is 5.32 Å². The second kappa shape index (κ2) is 2.62. The highest BCUT2D eigenvalue weighted by molar-refractivity contribution is 5.85. The number of fused-ring (bicyclic) bond motifs is 1. The number of halogens is 2. The SMILES string of the molecule is Cl.Cl.N[C@@]12CNC[C@@H]1C2. The molecule has 1 saturated carbocycles. The average molecular weight is 171 g/mol. The normalized spacial score (nSPS) is 44.3. The first-order valence-electron chi connectivity index (χ1n) is 2.81. The molecule has 1 aliphatic carbocycles. The molecule has 2 aliphatic rings. The Morgan fingerprint density at radius 2 is 2.11 bits per heavy atom. The minimum atomic E-state index is 0. The first-order chi connectivity index (χ1) is 3.31. The van der Waals surface area contributed by atoms with Crippen LogP contribution in [-0.2, 0) is 0 Å². The maximum Gasteiger partial charge on any atom is 0.0326 e. The summed E-state index contributed by atoms with van der Waals surface area (Å²) in [5, 5.41) is 3.24. The van der Waals surface area contributed by atoms with Gasteiger partial charge in [0.05, 0.1) is 0 Å². The van der Waals surface area contributed by atoms with Gasteiger partial charge >= 0.3 is 0 Å². The van der Waals surface area contributed by atoms with Crippen molar-refractivity contribution in [2.75, 3.05) is 13.1 Å². The van der Waals surface area contributed by atoms with E-state index >= 15 is 0 Å². The number of hydrogen-bond donors (Lipinski definition) is 2. The van der Waals surface area contributed by atoms with Gasteiger partial charge in [0.15, 0.2) is 0 Å². The van der Waals surface area contributed by atoms with Crippen molar-refractivity contribution < 1.29 is 0 Å². The maximum absolute atomic E-state index is 5.79. The van der Waals surface area contributed by atoms with Crippen molar-refractivity contribution in [3.8, 4) is 0 Å². The van der Waals surface area contributed by atoms with Crippen molar-refractivity contribution in [1.29, 1.82) is 0 Å². The van der Waals surface area contributed by atoms with Crippen LogP contribution in [0.25, 0.3) is 0 Å². The van der Waals surface area contributed by atoms with E-state index in [0.717, 1.165) is 19.0 Å².